The third kappa shape index (κ3) is 4.48. The molecule has 2 aromatic rings. The number of amides is 1. The predicted molar refractivity (Wildman–Crippen MR) is 97.5 cm³/mol. The molecule has 7 heteroatoms. The molecular formula is C18H23N3O3S. The molecule has 0 aliphatic heterocycles. The molecule has 1 fully saturated rings. The normalized spacial score (nSPS) is 15.0. The van der Waals surface area contributed by atoms with Gasteiger partial charge in [-0.05, 0) is 30.5 Å². The van der Waals surface area contributed by atoms with Crippen molar-refractivity contribution in [3.63, 3.8) is 0 Å². The van der Waals surface area contributed by atoms with Crippen molar-refractivity contribution in [1.82, 2.24) is 10.2 Å². The maximum Gasteiger partial charge on any atom is 0.229 e. The zero-order valence-electron chi connectivity index (χ0n) is 14.6. The molecule has 1 heterocycles. The van der Waals surface area contributed by atoms with Crippen LogP contribution >= 0.6 is 11.3 Å². The predicted octanol–water partition coefficient (Wildman–Crippen LogP) is 3.66. The minimum absolute atomic E-state index is 0.0773. The highest BCUT2D eigenvalue weighted by atomic mass is 32.1. The van der Waals surface area contributed by atoms with E-state index in [9.17, 15) is 4.79 Å². The molecule has 3 rings (SSSR count). The third-order valence-corrected chi connectivity index (χ3v) is 5.31. The van der Waals surface area contributed by atoms with Crippen LogP contribution in [0.15, 0.2) is 18.2 Å². The van der Waals surface area contributed by atoms with Crippen LogP contribution < -0.4 is 14.8 Å². The lowest BCUT2D eigenvalue weighted by Crippen LogP contribution is -2.24. The quantitative estimate of drug-likeness (QED) is 0.850. The summed E-state index contributed by atoms with van der Waals surface area (Å²) in [5.74, 6) is 1.58. The fraction of sp³-hybridized carbons (Fsp3) is 0.500. The first-order valence-electron chi connectivity index (χ1n) is 8.53. The Balaban J connectivity index is 1.62. The molecule has 1 aromatic heterocycles. The van der Waals surface area contributed by atoms with E-state index in [1.807, 2.05) is 18.2 Å². The van der Waals surface area contributed by atoms with Crippen molar-refractivity contribution in [3.8, 4) is 11.5 Å². The largest absolute Gasteiger partial charge is 0.493 e. The lowest BCUT2D eigenvalue weighted by molar-refractivity contribution is -0.120. The summed E-state index contributed by atoms with van der Waals surface area (Å²) in [4.78, 5) is 12.3. The molecule has 134 valence electrons. The summed E-state index contributed by atoms with van der Waals surface area (Å²) in [6.07, 6.45) is 6.10. The molecule has 1 aliphatic rings. The molecular weight excluding hydrogens is 338 g/mol. The minimum Gasteiger partial charge on any atom is -0.493 e. The Hall–Kier alpha value is -2.15. The first-order valence-corrected chi connectivity index (χ1v) is 9.35. The van der Waals surface area contributed by atoms with Crippen molar-refractivity contribution in [2.75, 3.05) is 19.5 Å². The van der Waals surface area contributed by atoms with Gasteiger partial charge in [0.15, 0.2) is 11.5 Å². The fourth-order valence-electron chi connectivity index (χ4n) is 3.11. The van der Waals surface area contributed by atoms with E-state index in [0.717, 1.165) is 36.3 Å². The van der Waals surface area contributed by atoms with Crippen LogP contribution in [0.1, 0.15) is 42.7 Å². The van der Waals surface area contributed by atoms with Gasteiger partial charge < -0.3 is 14.8 Å². The molecule has 1 saturated carbocycles. The lowest BCUT2D eigenvalue weighted by atomic mass is 9.89. The summed E-state index contributed by atoms with van der Waals surface area (Å²) in [6.45, 7) is 0. The van der Waals surface area contributed by atoms with Crippen molar-refractivity contribution < 1.29 is 14.3 Å². The van der Waals surface area contributed by atoms with Gasteiger partial charge in [0.05, 0.1) is 14.2 Å². The van der Waals surface area contributed by atoms with Gasteiger partial charge in [-0.1, -0.05) is 36.7 Å². The second kappa shape index (κ2) is 8.29. The number of aromatic nitrogens is 2. The highest BCUT2D eigenvalue weighted by Gasteiger charge is 2.22. The number of nitrogens with zero attached hydrogens (tertiary/aromatic N) is 2. The maximum absolute atomic E-state index is 12.3. The van der Waals surface area contributed by atoms with E-state index in [4.69, 9.17) is 9.47 Å². The van der Waals surface area contributed by atoms with Gasteiger partial charge in [0, 0.05) is 12.3 Å². The standard InChI is InChI=1S/C18H23N3O3S/c1-23-14-9-8-12(10-15(14)24-2)11-16-20-21-18(25-16)19-17(22)13-6-4-3-5-7-13/h8-10,13H,3-7,11H2,1-2H3,(H,19,21,22). The van der Waals surface area contributed by atoms with Gasteiger partial charge in [-0.2, -0.15) is 0 Å². The highest BCUT2D eigenvalue weighted by Crippen LogP contribution is 2.30. The van der Waals surface area contributed by atoms with Gasteiger partial charge in [0.1, 0.15) is 5.01 Å². The number of hydrogen-bond donors (Lipinski definition) is 1. The van der Waals surface area contributed by atoms with Gasteiger partial charge in [-0.15, -0.1) is 10.2 Å². The van der Waals surface area contributed by atoms with Crippen LogP contribution in [-0.4, -0.2) is 30.3 Å². The van der Waals surface area contributed by atoms with Gasteiger partial charge in [0.2, 0.25) is 11.0 Å². The van der Waals surface area contributed by atoms with E-state index in [1.54, 1.807) is 14.2 Å². The topological polar surface area (TPSA) is 73.3 Å². The second-order valence-electron chi connectivity index (χ2n) is 6.19. The molecule has 1 N–H and O–H groups in total. The van der Waals surface area contributed by atoms with Crippen molar-refractivity contribution in [1.29, 1.82) is 0 Å². The second-order valence-corrected chi connectivity index (χ2v) is 7.25. The summed E-state index contributed by atoms with van der Waals surface area (Å²) in [5.41, 5.74) is 1.05. The number of carbonyl (C=O) groups excluding carboxylic acids is 1. The number of rotatable bonds is 6. The summed E-state index contributed by atoms with van der Waals surface area (Å²) in [5, 5.41) is 12.6. The third-order valence-electron chi connectivity index (χ3n) is 4.48. The van der Waals surface area contributed by atoms with Gasteiger partial charge in [0.25, 0.3) is 0 Å². The average molecular weight is 361 g/mol. The summed E-state index contributed by atoms with van der Waals surface area (Å²) in [7, 11) is 3.23. The molecule has 0 radical (unpaired) electrons. The minimum atomic E-state index is 0.0773. The molecule has 0 atom stereocenters. The van der Waals surface area contributed by atoms with E-state index >= 15 is 0 Å². The summed E-state index contributed by atoms with van der Waals surface area (Å²) < 4.78 is 10.6. The number of hydrogen-bond acceptors (Lipinski definition) is 6. The maximum atomic E-state index is 12.3. The zero-order chi connectivity index (χ0) is 17.6. The Kier molecular flexibility index (Phi) is 5.86. The average Bonchev–Trinajstić information content (AvgIpc) is 3.09. The van der Waals surface area contributed by atoms with Crippen LogP contribution in [-0.2, 0) is 11.2 Å². The van der Waals surface area contributed by atoms with Gasteiger partial charge >= 0.3 is 0 Å². The summed E-state index contributed by atoms with van der Waals surface area (Å²) in [6, 6.07) is 5.78. The molecule has 0 bridgehead atoms. The SMILES string of the molecule is COc1ccc(Cc2nnc(NC(=O)C3CCCCC3)s2)cc1OC. The molecule has 0 unspecified atom stereocenters. The number of methoxy groups -OCH3 is 2. The highest BCUT2D eigenvalue weighted by molar-refractivity contribution is 7.15. The zero-order valence-corrected chi connectivity index (χ0v) is 15.4. The number of carbonyl (C=O) groups is 1. The van der Waals surface area contributed by atoms with E-state index < -0.39 is 0 Å². The molecule has 0 spiro atoms. The Morgan fingerprint density at radius 2 is 1.92 bits per heavy atom. The van der Waals surface area contributed by atoms with Crippen molar-refractivity contribution in [2.24, 2.45) is 5.92 Å². The Labute approximate surface area is 151 Å². The summed E-state index contributed by atoms with van der Waals surface area (Å²) >= 11 is 1.42. The van der Waals surface area contributed by atoms with Crippen molar-refractivity contribution in [2.45, 2.75) is 38.5 Å². The van der Waals surface area contributed by atoms with Crippen molar-refractivity contribution in [3.05, 3.63) is 28.8 Å². The molecule has 6 nitrogen and oxygen atoms in total. The number of anilines is 1. The van der Waals surface area contributed by atoms with Crippen LogP contribution in [0, 0.1) is 5.92 Å². The number of ether oxygens (including phenoxy) is 2. The molecule has 1 aromatic carbocycles. The first-order chi connectivity index (χ1) is 12.2. The molecule has 1 aliphatic carbocycles. The van der Waals surface area contributed by atoms with Crippen LogP contribution in [0.5, 0.6) is 11.5 Å². The van der Waals surface area contributed by atoms with E-state index in [2.05, 4.69) is 15.5 Å². The Bertz CT molecular complexity index is 726. The monoisotopic (exact) mass is 361 g/mol. The van der Waals surface area contributed by atoms with Crippen LogP contribution in [0.3, 0.4) is 0 Å². The van der Waals surface area contributed by atoms with Crippen LogP contribution in [0.25, 0.3) is 0 Å². The van der Waals surface area contributed by atoms with Crippen LogP contribution in [0.2, 0.25) is 0 Å². The Morgan fingerprint density at radius 1 is 1.16 bits per heavy atom. The van der Waals surface area contributed by atoms with Crippen molar-refractivity contribution >= 4 is 22.4 Å². The first kappa shape index (κ1) is 17.7. The van der Waals surface area contributed by atoms with Gasteiger partial charge in [-0.25, -0.2) is 0 Å². The number of nitrogens with one attached hydrogen (secondary N) is 1. The van der Waals surface area contributed by atoms with Gasteiger partial charge in [-0.3, -0.25) is 4.79 Å². The van der Waals surface area contributed by atoms with Crippen LogP contribution in [0.4, 0.5) is 5.13 Å². The van der Waals surface area contributed by atoms with E-state index in [1.165, 1.54) is 17.8 Å². The smallest absolute Gasteiger partial charge is 0.229 e. The Morgan fingerprint density at radius 3 is 2.64 bits per heavy atom. The lowest BCUT2D eigenvalue weighted by Gasteiger charge is -2.19. The number of benzene rings is 1. The fourth-order valence-corrected chi connectivity index (χ4v) is 3.89. The van der Waals surface area contributed by atoms with E-state index in [0.29, 0.717) is 23.1 Å². The molecule has 0 saturated heterocycles. The molecule has 1 amide bonds. The molecule has 25 heavy (non-hydrogen) atoms. The van der Waals surface area contributed by atoms with E-state index in [-0.39, 0.29) is 11.8 Å².